The van der Waals surface area contributed by atoms with E-state index >= 15 is 0 Å². The maximum atomic E-state index is 12.6. The van der Waals surface area contributed by atoms with E-state index in [9.17, 15) is 9.59 Å². The number of para-hydroxylation sites is 1. The first-order chi connectivity index (χ1) is 16.0. The van der Waals surface area contributed by atoms with Gasteiger partial charge in [0.1, 0.15) is 0 Å². The lowest BCUT2D eigenvalue weighted by Crippen LogP contribution is -2.45. The molecule has 3 unspecified atom stereocenters. The van der Waals surface area contributed by atoms with E-state index in [0.717, 1.165) is 49.5 Å². The zero-order chi connectivity index (χ0) is 23.2. The number of hydrogen-bond donors (Lipinski definition) is 2. The van der Waals surface area contributed by atoms with Crippen molar-refractivity contribution in [3.63, 3.8) is 0 Å². The van der Waals surface area contributed by atoms with Crippen molar-refractivity contribution >= 4 is 28.9 Å². The van der Waals surface area contributed by atoms with Crippen LogP contribution in [0.1, 0.15) is 26.7 Å². The summed E-state index contributed by atoms with van der Waals surface area (Å²) < 4.78 is 5.81. The molecule has 7 nitrogen and oxygen atoms in total. The number of hydrogen-bond acceptors (Lipinski definition) is 5. The van der Waals surface area contributed by atoms with Gasteiger partial charge in [0.25, 0.3) is 0 Å². The molecule has 2 saturated heterocycles. The number of ether oxygens (including phenoxy) is 1. The molecule has 2 aliphatic rings. The third kappa shape index (κ3) is 6.55. The molecule has 2 N–H and O–H groups in total. The van der Waals surface area contributed by atoms with E-state index in [1.165, 1.54) is 0 Å². The molecule has 2 aromatic rings. The summed E-state index contributed by atoms with van der Waals surface area (Å²) in [7, 11) is 0. The van der Waals surface area contributed by atoms with Crippen molar-refractivity contribution < 1.29 is 14.3 Å². The van der Waals surface area contributed by atoms with Crippen LogP contribution in [0.4, 0.5) is 17.1 Å². The van der Waals surface area contributed by atoms with E-state index in [2.05, 4.69) is 34.3 Å². The van der Waals surface area contributed by atoms with Crippen molar-refractivity contribution in [1.29, 1.82) is 0 Å². The minimum atomic E-state index is -0.107. The number of nitrogens with one attached hydrogen (secondary N) is 2. The van der Waals surface area contributed by atoms with Crippen LogP contribution in [0.25, 0.3) is 0 Å². The molecule has 2 fully saturated rings. The number of anilines is 3. The van der Waals surface area contributed by atoms with E-state index in [1.807, 2.05) is 54.6 Å². The molecule has 2 heterocycles. The lowest BCUT2D eigenvalue weighted by atomic mass is 9.97. The molecule has 33 heavy (non-hydrogen) atoms. The highest BCUT2D eigenvalue weighted by molar-refractivity contribution is 5.93. The molecule has 0 spiro atoms. The van der Waals surface area contributed by atoms with Crippen molar-refractivity contribution in [3.05, 3.63) is 54.6 Å². The largest absolute Gasteiger partial charge is 0.372 e. The number of benzene rings is 2. The summed E-state index contributed by atoms with van der Waals surface area (Å²) in [4.78, 5) is 29.7. The summed E-state index contributed by atoms with van der Waals surface area (Å²) >= 11 is 0. The molecular weight excluding hydrogens is 416 g/mol. The van der Waals surface area contributed by atoms with Gasteiger partial charge in [-0.15, -0.1) is 0 Å². The average molecular weight is 451 g/mol. The van der Waals surface area contributed by atoms with Gasteiger partial charge in [0.05, 0.1) is 24.7 Å². The van der Waals surface area contributed by atoms with Crippen LogP contribution in [0, 0.1) is 5.92 Å². The fourth-order valence-electron chi connectivity index (χ4n) is 4.73. The number of nitrogens with zero attached hydrogens (tertiary/aromatic N) is 2. The third-order valence-corrected chi connectivity index (χ3v) is 6.22. The van der Waals surface area contributed by atoms with Crippen LogP contribution >= 0.6 is 0 Å². The van der Waals surface area contributed by atoms with Crippen LogP contribution in [0.5, 0.6) is 0 Å². The first-order valence-electron chi connectivity index (χ1n) is 11.8. The Morgan fingerprint density at radius 1 is 0.909 bits per heavy atom. The van der Waals surface area contributed by atoms with Crippen molar-refractivity contribution in [3.8, 4) is 0 Å². The molecule has 3 atom stereocenters. The summed E-state index contributed by atoms with van der Waals surface area (Å²) in [5.41, 5.74) is 2.73. The van der Waals surface area contributed by atoms with Crippen LogP contribution in [-0.2, 0) is 14.3 Å². The SMILES string of the molecule is CC1CN(c2ccc(NC(=O)CN3CCCC(C(=O)Nc4ccccc4)C3)cc2)CC(C)O1. The Labute approximate surface area is 196 Å². The molecule has 4 rings (SSSR count). The fourth-order valence-corrected chi connectivity index (χ4v) is 4.73. The van der Waals surface area contributed by atoms with Crippen molar-refractivity contribution in [2.75, 3.05) is 48.3 Å². The van der Waals surface area contributed by atoms with E-state index in [-0.39, 0.29) is 36.5 Å². The maximum Gasteiger partial charge on any atom is 0.238 e. The standard InChI is InChI=1S/C26H34N4O3/c1-19-15-30(16-20(2)33-19)24-12-10-23(11-13-24)27-25(31)18-29-14-6-7-21(17-29)26(32)28-22-8-4-3-5-9-22/h3-5,8-13,19-21H,6-7,14-18H2,1-2H3,(H,27,31)(H,28,32). The Balaban J connectivity index is 1.26. The fraction of sp³-hybridized carbons (Fsp3) is 0.462. The minimum Gasteiger partial charge on any atom is -0.372 e. The summed E-state index contributed by atoms with van der Waals surface area (Å²) in [6, 6.07) is 17.5. The van der Waals surface area contributed by atoms with Crippen LogP contribution in [0.3, 0.4) is 0 Å². The average Bonchev–Trinajstić information content (AvgIpc) is 2.80. The molecule has 0 aromatic heterocycles. The molecule has 2 amide bonds. The summed E-state index contributed by atoms with van der Waals surface area (Å²) in [6.07, 6.45) is 2.16. The van der Waals surface area contributed by atoms with Gasteiger partial charge in [0.2, 0.25) is 11.8 Å². The molecular formula is C26H34N4O3. The number of rotatable bonds is 6. The second-order valence-electron chi connectivity index (χ2n) is 9.19. The van der Waals surface area contributed by atoms with Gasteiger partial charge in [-0.25, -0.2) is 0 Å². The predicted molar refractivity (Wildman–Crippen MR) is 132 cm³/mol. The lowest BCUT2D eigenvalue weighted by Gasteiger charge is -2.36. The van der Waals surface area contributed by atoms with E-state index < -0.39 is 0 Å². The third-order valence-electron chi connectivity index (χ3n) is 6.22. The van der Waals surface area contributed by atoms with E-state index in [0.29, 0.717) is 6.54 Å². The van der Waals surface area contributed by atoms with Gasteiger partial charge >= 0.3 is 0 Å². The zero-order valence-corrected chi connectivity index (χ0v) is 19.5. The smallest absolute Gasteiger partial charge is 0.238 e. The number of carbonyl (C=O) groups is 2. The van der Waals surface area contributed by atoms with Crippen LogP contribution in [0.2, 0.25) is 0 Å². The second kappa shape index (κ2) is 10.8. The molecule has 0 saturated carbocycles. The molecule has 0 bridgehead atoms. The van der Waals surface area contributed by atoms with Crippen molar-refractivity contribution in [2.45, 2.75) is 38.9 Å². The van der Waals surface area contributed by atoms with Gasteiger partial charge < -0.3 is 20.3 Å². The molecule has 2 aliphatic heterocycles. The Hall–Kier alpha value is -2.90. The summed E-state index contributed by atoms with van der Waals surface area (Å²) in [5, 5.41) is 5.98. The highest BCUT2D eigenvalue weighted by Gasteiger charge is 2.27. The number of amides is 2. The molecule has 0 radical (unpaired) electrons. The highest BCUT2D eigenvalue weighted by Crippen LogP contribution is 2.23. The zero-order valence-electron chi connectivity index (χ0n) is 19.5. The normalized spacial score (nSPS) is 23.7. The van der Waals surface area contributed by atoms with Crippen LogP contribution in [0.15, 0.2) is 54.6 Å². The van der Waals surface area contributed by atoms with Crippen LogP contribution < -0.4 is 15.5 Å². The second-order valence-corrected chi connectivity index (χ2v) is 9.19. The number of morpholine rings is 1. The van der Waals surface area contributed by atoms with Gasteiger partial charge in [-0.1, -0.05) is 18.2 Å². The lowest BCUT2D eigenvalue weighted by molar-refractivity contribution is -0.123. The minimum absolute atomic E-state index is 0.0219. The van der Waals surface area contributed by atoms with Gasteiger partial charge in [-0.2, -0.15) is 0 Å². The van der Waals surface area contributed by atoms with Gasteiger partial charge in [0, 0.05) is 36.7 Å². The molecule has 2 aromatic carbocycles. The van der Waals surface area contributed by atoms with Crippen molar-refractivity contribution in [2.24, 2.45) is 5.92 Å². The Kier molecular flexibility index (Phi) is 7.62. The Morgan fingerprint density at radius 3 is 2.27 bits per heavy atom. The monoisotopic (exact) mass is 450 g/mol. The summed E-state index contributed by atoms with van der Waals surface area (Å²) in [6.45, 7) is 7.62. The first kappa shape index (κ1) is 23.3. The van der Waals surface area contributed by atoms with E-state index in [1.54, 1.807) is 0 Å². The number of likely N-dealkylation sites (tertiary alicyclic amines) is 1. The first-order valence-corrected chi connectivity index (χ1v) is 11.8. The van der Waals surface area contributed by atoms with Crippen molar-refractivity contribution in [1.82, 2.24) is 4.90 Å². The predicted octanol–water partition coefficient (Wildman–Crippen LogP) is 3.59. The van der Waals surface area contributed by atoms with E-state index in [4.69, 9.17) is 4.74 Å². The summed E-state index contributed by atoms with van der Waals surface area (Å²) in [5.74, 6) is -0.140. The van der Waals surface area contributed by atoms with Gasteiger partial charge in [-0.05, 0) is 69.6 Å². The number of carbonyl (C=O) groups excluding carboxylic acids is 2. The van der Waals surface area contributed by atoms with Gasteiger partial charge in [-0.3, -0.25) is 14.5 Å². The molecule has 0 aliphatic carbocycles. The topological polar surface area (TPSA) is 73.9 Å². The quantitative estimate of drug-likeness (QED) is 0.704. The highest BCUT2D eigenvalue weighted by atomic mass is 16.5. The molecule has 176 valence electrons. The van der Waals surface area contributed by atoms with Crippen LogP contribution in [-0.4, -0.2) is 61.6 Å². The van der Waals surface area contributed by atoms with Gasteiger partial charge in [0.15, 0.2) is 0 Å². The Bertz CT molecular complexity index is 924. The molecule has 7 heteroatoms. The Morgan fingerprint density at radius 2 is 1.58 bits per heavy atom. The maximum absolute atomic E-state index is 12.6. The number of piperidine rings is 1.